The number of benzene rings is 10. The fourth-order valence-electron chi connectivity index (χ4n) is 8.77. The Morgan fingerprint density at radius 2 is 0.683 bits per heavy atom. The molecule has 0 unspecified atom stereocenters. The molecule has 0 aliphatic rings. The molecular formula is C58H38N2. The predicted octanol–water partition coefficient (Wildman–Crippen LogP) is 15.6. The van der Waals surface area contributed by atoms with E-state index in [2.05, 4.69) is 206 Å². The Morgan fingerprint density at radius 3 is 1.35 bits per heavy atom. The molecular weight excluding hydrogens is 725 g/mol. The highest BCUT2D eigenvalue weighted by Crippen LogP contribution is 2.46. The average molecular weight is 763 g/mol. The summed E-state index contributed by atoms with van der Waals surface area (Å²) in [5, 5.41) is 7.56. The van der Waals surface area contributed by atoms with E-state index in [9.17, 15) is 0 Å². The van der Waals surface area contributed by atoms with E-state index in [1.807, 2.05) is 24.3 Å². The Labute approximate surface area is 349 Å². The summed E-state index contributed by atoms with van der Waals surface area (Å²) in [6, 6.07) is 82.4. The summed E-state index contributed by atoms with van der Waals surface area (Å²) >= 11 is 0. The van der Waals surface area contributed by atoms with E-state index in [0.29, 0.717) is 5.82 Å². The Balaban J connectivity index is 0.988. The molecule has 0 fully saturated rings. The van der Waals surface area contributed by atoms with Gasteiger partial charge in [0.25, 0.3) is 0 Å². The van der Waals surface area contributed by atoms with E-state index in [0.717, 1.165) is 44.8 Å². The molecule has 0 spiro atoms. The topological polar surface area (TPSA) is 25.8 Å². The van der Waals surface area contributed by atoms with Crippen molar-refractivity contribution in [2.45, 2.75) is 0 Å². The molecule has 0 atom stereocenters. The van der Waals surface area contributed by atoms with Gasteiger partial charge in [0.05, 0.1) is 11.4 Å². The highest BCUT2D eigenvalue weighted by molar-refractivity contribution is 6.27. The van der Waals surface area contributed by atoms with Gasteiger partial charge in [-0.1, -0.05) is 218 Å². The molecule has 0 aliphatic heterocycles. The molecule has 0 N–H and O–H groups in total. The van der Waals surface area contributed by atoms with E-state index in [4.69, 9.17) is 9.97 Å². The van der Waals surface area contributed by atoms with E-state index >= 15 is 0 Å². The SMILES string of the molecule is c1ccc(-c2cccc(-c3cc(-c4ccc(-c5ccc(-c6c7ccccc7c(-c7ccccc7)c7ccc8ccccc8c67)cc5)cc4)nc(-c4ccccc4)n3)c2)cc1. The van der Waals surface area contributed by atoms with Gasteiger partial charge in [-0.25, -0.2) is 9.97 Å². The van der Waals surface area contributed by atoms with Gasteiger partial charge in [-0.2, -0.15) is 0 Å². The van der Waals surface area contributed by atoms with Gasteiger partial charge in [0, 0.05) is 16.7 Å². The lowest BCUT2D eigenvalue weighted by Gasteiger charge is -2.19. The lowest BCUT2D eigenvalue weighted by Crippen LogP contribution is -1.96. The molecule has 60 heavy (non-hydrogen) atoms. The number of fused-ring (bicyclic) bond motifs is 4. The maximum atomic E-state index is 5.11. The van der Waals surface area contributed by atoms with E-state index in [-0.39, 0.29) is 0 Å². The van der Waals surface area contributed by atoms with Gasteiger partial charge in [0.1, 0.15) is 0 Å². The monoisotopic (exact) mass is 762 g/mol. The second kappa shape index (κ2) is 15.1. The van der Waals surface area contributed by atoms with Crippen molar-refractivity contribution in [1.29, 1.82) is 0 Å². The van der Waals surface area contributed by atoms with Crippen molar-refractivity contribution in [2.75, 3.05) is 0 Å². The lowest BCUT2D eigenvalue weighted by atomic mass is 9.84. The summed E-state index contributed by atoms with van der Waals surface area (Å²) < 4.78 is 0. The van der Waals surface area contributed by atoms with Crippen LogP contribution in [0.3, 0.4) is 0 Å². The third kappa shape index (κ3) is 6.41. The number of nitrogens with zero attached hydrogens (tertiary/aromatic N) is 2. The zero-order chi connectivity index (χ0) is 39.8. The fourth-order valence-corrected chi connectivity index (χ4v) is 8.77. The summed E-state index contributed by atoms with van der Waals surface area (Å²) in [4.78, 5) is 10.2. The zero-order valence-corrected chi connectivity index (χ0v) is 32.8. The molecule has 0 amide bonds. The van der Waals surface area contributed by atoms with Crippen molar-refractivity contribution < 1.29 is 0 Å². The van der Waals surface area contributed by atoms with Crippen LogP contribution >= 0.6 is 0 Å². The quantitative estimate of drug-likeness (QED) is 0.119. The van der Waals surface area contributed by atoms with Crippen LogP contribution in [0.4, 0.5) is 0 Å². The van der Waals surface area contributed by atoms with Crippen LogP contribution in [0.5, 0.6) is 0 Å². The third-order valence-electron chi connectivity index (χ3n) is 11.7. The van der Waals surface area contributed by atoms with Crippen molar-refractivity contribution in [1.82, 2.24) is 9.97 Å². The summed E-state index contributed by atoms with van der Waals surface area (Å²) in [5.41, 5.74) is 14.5. The minimum atomic E-state index is 0.706. The van der Waals surface area contributed by atoms with Crippen molar-refractivity contribution in [2.24, 2.45) is 0 Å². The highest BCUT2D eigenvalue weighted by Gasteiger charge is 2.19. The number of hydrogen-bond donors (Lipinski definition) is 0. The minimum Gasteiger partial charge on any atom is -0.228 e. The molecule has 11 aromatic rings. The van der Waals surface area contributed by atoms with Gasteiger partial charge in [-0.3, -0.25) is 0 Å². The lowest BCUT2D eigenvalue weighted by molar-refractivity contribution is 1.18. The van der Waals surface area contributed by atoms with E-state index in [1.165, 1.54) is 60.1 Å². The first-order valence-corrected chi connectivity index (χ1v) is 20.5. The summed E-state index contributed by atoms with van der Waals surface area (Å²) in [6.45, 7) is 0. The molecule has 2 heteroatoms. The molecule has 10 aromatic carbocycles. The fraction of sp³-hybridized carbons (Fsp3) is 0. The molecule has 280 valence electrons. The first-order chi connectivity index (χ1) is 29.7. The van der Waals surface area contributed by atoms with Crippen molar-refractivity contribution in [3.8, 4) is 78.4 Å². The number of hydrogen-bond acceptors (Lipinski definition) is 2. The van der Waals surface area contributed by atoms with Crippen LogP contribution < -0.4 is 0 Å². The molecule has 0 radical (unpaired) electrons. The first kappa shape index (κ1) is 35.2. The molecule has 11 rings (SSSR count). The Morgan fingerprint density at radius 1 is 0.233 bits per heavy atom. The van der Waals surface area contributed by atoms with E-state index < -0.39 is 0 Å². The van der Waals surface area contributed by atoms with Crippen LogP contribution in [0.2, 0.25) is 0 Å². The third-order valence-corrected chi connectivity index (χ3v) is 11.7. The molecule has 2 nitrogen and oxygen atoms in total. The van der Waals surface area contributed by atoms with Gasteiger partial charge in [0.2, 0.25) is 0 Å². The molecule has 0 saturated heterocycles. The maximum Gasteiger partial charge on any atom is 0.160 e. The largest absolute Gasteiger partial charge is 0.228 e. The molecule has 1 heterocycles. The number of rotatable bonds is 7. The smallest absolute Gasteiger partial charge is 0.160 e. The summed E-state index contributed by atoms with van der Waals surface area (Å²) in [6.07, 6.45) is 0. The van der Waals surface area contributed by atoms with Crippen LogP contribution in [0, 0.1) is 0 Å². The van der Waals surface area contributed by atoms with Gasteiger partial charge in [-0.15, -0.1) is 0 Å². The van der Waals surface area contributed by atoms with Gasteiger partial charge < -0.3 is 0 Å². The van der Waals surface area contributed by atoms with Crippen LogP contribution in [-0.4, -0.2) is 9.97 Å². The van der Waals surface area contributed by atoms with Gasteiger partial charge in [-0.05, 0) is 89.0 Å². The van der Waals surface area contributed by atoms with Gasteiger partial charge >= 0.3 is 0 Å². The normalized spacial score (nSPS) is 11.3. The Kier molecular flexibility index (Phi) is 8.87. The van der Waals surface area contributed by atoms with Crippen molar-refractivity contribution >= 4 is 32.3 Å². The molecule has 0 saturated carbocycles. The van der Waals surface area contributed by atoms with Crippen LogP contribution in [0.15, 0.2) is 231 Å². The van der Waals surface area contributed by atoms with Crippen LogP contribution in [-0.2, 0) is 0 Å². The molecule has 1 aromatic heterocycles. The summed E-state index contributed by atoms with van der Waals surface area (Å²) in [7, 11) is 0. The summed E-state index contributed by atoms with van der Waals surface area (Å²) in [5.74, 6) is 0.706. The van der Waals surface area contributed by atoms with Gasteiger partial charge in [0.15, 0.2) is 5.82 Å². The maximum absolute atomic E-state index is 5.11. The average Bonchev–Trinajstić information content (AvgIpc) is 3.34. The van der Waals surface area contributed by atoms with E-state index in [1.54, 1.807) is 0 Å². The minimum absolute atomic E-state index is 0.706. The van der Waals surface area contributed by atoms with Crippen LogP contribution in [0.1, 0.15) is 0 Å². The Bertz CT molecular complexity index is 3320. The highest BCUT2D eigenvalue weighted by atomic mass is 14.9. The Hall–Kier alpha value is -7.94. The zero-order valence-electron chi connectivity index (χ0n) is 32.8. The first-order valence-electron chi connectivity index (χ1n) is 20.5. The second-order valence-electron chi connectivity index (χ2n) is 15.3. The molecule has 0 bridgehead atoms. The van der Waals surface area contributed by atoms with Crippen molar-refractivity contribution in [3.05, 3.63) is 231 Å². The molecule has 0 aliphatic carbocycles. The van der Waals surface area contributed by atoms with Crippen LogP contribution in [0.25, 0.3) is 111 Å². The predicted molar refractivity (Wildman–Crippen MR) is 253 cm³/mol. The second-order valence-corrected chi connectivity index (χ2v) is 15.3. The number of aromatic nitrogens is 2. The standard InChI is InChI=1S/C58H38N2/c1-4-15-39(16-5-1)47-22-14-23-48(37-47)54-38-53(59-58(60-54)46-20-8-3-9-21-46)43-31-27-40(28-32-43)41-29-33-45(34-30-41)56-51-26-13-12-25-50(51)55(44-18-6-2-7-19-44)52-36-35-42-17-10-11-24-49(42)57(52)56/h1-38H. The van der Waals surface area contributed by atoms with Crippen molar-refractivity contribution in [3.63, 3.8) is 0 Å².